The molecule has 1 fully saturated rings. The van der Waals surface area contributed by atoms with E-state index in [0.29, 0.717) is 6.04 Å². The van der Waals surface area contributed by atoms with Crippen LogP contribution in [0.15, 0.2) is 18.3 Å². The molecule has 1 saturated heterocycles. The van der Waals surface area contributed by atoms with Crippen LogP contribution in [0.5, 0.6) is 0 Å². The smallest absolute Gasteiger partial charge is 0.169 e. The summed E-state index contributed by atoms with van der Waals surface area (Å²) in [7, 11) is 4.03. The highest BCUT2D eigenvalue weighted by molar-refractivity contribution is 7.80. The lowest BCUT2D eigenvalue weighted by molar-refractivity contribution is 0.308. The summed E-state index contributed by atoms with van der Waals surface area (Å²) in [6.45, 7) is 3.39. The maximum Gasteiger partial charge on any atom is 0.169 e. The molecule has 100 valence electrons. The minimum Gasteiger partial charge on any atom is -0.366 e. The van der Waals surface area contributed by atoms with E-state index in [9.17, 15) is 0 Å². The molecule has 2 rings (SSSR count). The number of nitrogens with zero attached hydrogens (tertiary/aromatic N) is 2. The summed E-state index contributed by atoms with van der Waals surface area (Å²) in [4.78, 5) is 2.36. The molecule has 0 aliphatic carbocycles. The first-order valence-corrected chi connectivity index (χ1v) is 7.14. The third kappa shape index (κ3) is 2.69. The van der Waals surface area contributed by atoms with E-state index in [1.807, 2.05) is 7.05 Å². The van der Waals surface area contributed by atoms with E-state index in [-0.39, 0.29) is 0 Å². The van der Waals surface area contributed by atoms with Gasteiger partial charge < -0.3 is 14.8 Å². The molecule has 0 spiro atoms. The molecule has 0 aromatic carbocycles. The number of hydrogen-bond donors (Lipinski definition) is 1. The third-order valence-corrected chi connectivity index (χ3v) is 4.41. The van der Waals surface area contributed by atoms with E-state index in [0.717, 1.165) is 17.6 Å². The second kappa shape index (κ2) is 5.74. The van der Waals surface area contributed by atoms with Gasteiger partial charge in [0.05, 0.1) is 6.04 Å². The Morgan fingerprint density at radius 1 is 1.39 bits per heavy atom. The van der Waals surface area contributed by atoms with Crippen molar-refractivity contribution in [1.82, 2.24) is 14.8 Å². The van der Waals surface area contributed by atoms with Gasteiger partial charge in [0.1, 0.15) is 0 Å². The van der Waals surface area contributed by atoms with E-state index in [1.165, 1.54) is 25.0 Å². The lowest BCUT2D eigenvalue weighted by Crippen LogP contribution is -2.41. The maximum atomic E-state index is 5.47. The van der Waals surface area contributed by atoms with E-state index >= 15 is 0 Å². The fourth-order valence-electron chi connectivity index (χ4n) is 2.77. The second-order valence-corrected chi connectivity index (χ2v) is 5.67. The molecule has 0 radical (unpaired) electrons. The van der Waals surface area contributed by atoms with Crippen molar-refractivity contribution in [2.45, 2.75) is 32.2 Å². The van der Waals surface area contributed by atoms with Crippen molar-refractivity contribution in [2.24, 2.45) is 13.0 Å². The Morgan fingerprint density at radius 3 is 2.78 bits per heavy atom. The molecule has 1 aliphatic rings. The predicted molar refractivity (Wildman–Crippen MR) is 79.5 cm³/mol. The van der Waals surface area contributed by atoms with Gasteiger partial charge in [0.25, 0.3) is 0 Å². The lowest BCUT2D eigenvalue weighted by atomic mass is 10.0. The zero-order valence-electron chi connectivity index (χ0n) is 11.5. The summed E-state index contributed by atoms with van der Waals surface area (Å²) in [6, 6.07) is 4.74. The highest BCUT2D eigenvalue weighted by Gasteiger charge is 2.27. The highest BCUT2D eigenvalue weighted by Crippen LogP contribution is 2.32. The van der Waals surface area contributed by atoms with Crippen LogP contribution in [0.25, 0.3) is 0 Å². The maximum absolute atomic E-state index is 5.47. The molecule has 18 heavy (non-hydrogen) atoms. The predicted octanol–water partition coefficient (Wildman–Crippen LogP) is 2.69. The molecule has 0 bridgehead atoms. The van der Waals surface area contributed by atoms with Crippen LogP contribution in [-0.4, -0.2) is 28.2 Å². The topological polar surface area (TPSA) is 20.2 Å². The monoisotopic (exact) mass is 265 g/mol. The number of thiocarbonyl (C=S) groups is 1. The fourth-order valence-corrected chi connectivity index (χ4v) is 2.99. The summed E-state index contributed by atoms with van der Waals surface area (Å²) < 4.78 is 2.21. The summed E-state index contributed by atoms with van der Waals surface area (Å²) in [5.74, 6) is 0.789. The average molecular weight is 265 g/mol. The minimum atomic E-state index is 0.412. The molecule has 4 heteroatoms. The number of rotatable bonds is 1. The van der Waals surface area contributed by atoms with Gasteiger partial charge in [0.2, 0.25) is 0 Å². The van der Waals surface area contributed by atoms with Crippen LogP contribution in [0.4, 0.5) is 0 Å². The first kappa shape index (κ1) is 13.4. The number of nitrogens with one attached hydrogen (secondary N) is 1. The number of likely N-dealkylation sites (tertiary alicyclic amines) is 1. The van der Waals surface area contributed by atoms with Crippen molar-refractivity contribution >= 4 is 17.3 Å². The van der Waals surface area contributed by atoms with Gasteiger partial charge in [0, 0.05) is 32.5 Å². The molecule has 2 atom stereocenters. The molecule has 1 aromatic rings. The van der Waals surface area contributed by atoms with Crippen molar-refractivity contribution < 1.29 is 0 Å². The summed E-state index contributed by atoms with van der Waals surface area (Å²) >= 11 is 5.47. The quantitative estimate of drug-likeness (QED) is 0.788. The van der Waals surface area contributed by atoms with Crippen LogP contribution in [0.3, 0.4) is 0 Å². The van der Waals surface area contributed by atoms with Gasteiger partial charge in [-0.2, -0.15) is 0 Å². The van der Waals surface area contributed by atoms with Crippen molar-refractivity contribution in [3.8, 4) is 0 Å². The summed E-state index contributed by atoms with van der Waals surface area (Å²) in [6.07, 6.45) is 5.80. The van der Waals surface area contributed by atoms with Crippen molar-refractivity contribution in [1.29, 1.82) is 0 Å². The van der Waals surface area contributed by atoms with E-state index in [1.54, 1.807) is 0 Å². The first-order valence-electron chi connectivity index (χ1n) is 6.73. The Bertz CT molecular complexity index is 413. The van der Waals surface area contributed by atoms with Crippen molar-refractivity contribution in [3.05, 3.63) is 24.0 Å². The zero-order valence-corrected chi connectivity index (χ0v) is 12.3. The van der Waals surface area contributed by atoms with E-state index in [4.69, 9.17) is 12.2 Å². The molecular weight excluding hydrogens is 242 g/mol. The number of aryl methyl sites for hydroxylation is 1. The average Bonchev–Trinajstić information content (AvgIpc) is 2.68. The van der Waals surface area contributed by atoms with Crippen LogP contribution in [0, 0.1) is 5.92 Å². The molecule has 2 heterocycles. The first-order chi connectivity index (χ1) is 8.63. The Kier molecular flexibility index (Phi) is 4.27. The minimum absolute atomic E-state index is 0.412. The molecule has 1 aliphatic heterocycles. The molecular formula is C14H23N3S. The molecule has 0 saturated carbocycles. The summed E-state index contributed by atoms with van der Waals surface area (Å²) in [5, 5.41) is 4.01. The number of aromatic nitrogens is 1. The van der Waals surface area contributed by atoms with Gasteiger partial charge in [0.15, 0.2) is 5.11 Å². The van der Waals surface area contributed by atoms with Crippen molar-refractivity contribution in [2.75, 3.05) is 13.6 Å². The molecule has 1 aromatic heterocycles. The van der Waals surface area contributed by atoms with E-state index < -0.39 is 0 Å². The van der Waals surface area contributed by atoms with Crippen LogP contribution in [0.2, 0.25) is 0 Å². The van der Waals surface area contributed by atoms with E-state index in [2.05, 4.69) is 47.1 Å². The van der Waals surface area contributed by atoms with Gasteiger partial charge >= 0.3 is 0 Å². The highest BCUT2D eigenvalue weighted by atomic mass is 32.1. The van der Waals surface area contributed by atoms with Crippen LogP contribution in [0.1, 0.15) is 37.9 Å². The molecule has 0 amide bonds. The molecule has 1 N–H and O–H groups in total. The van der Waals surface area contributed by atoms with Gasteiger partial charge in [-0.3, -0.25) is 0 Å². The van der Waals surface area contributed by atoms with Gasteiger partial charge in [-0.05, 0) is 49.5 Å². The third-order valence-electron chi connectivity index (χ3n) is 3.97. The van der Waals surface area contributed by atoms with Gasteiger partial charge in [-0.25, -0.2) is 0 Å². The summed E-state index contributed by atoms with van der Waals surface area (Å²) in [5.41, 5.74) is 1.36. The van der Waals surface area contributed by atoms with Crippen LogP contribution >= 0.6 is 12.2 Å². The van der Waals surface area contributed by atoms with Crippen LogP contribution < -0.4 is 5.32 Å². The lowest BCUT2D eigenvalue weighted by Gasteiger charge is -2.32. The zero-order chi connectivity index (χ0) is 13.1. The Morgan fingerprint density at radius 2 is 2.17 bits per heavy atom. The Labute approximate surface area is 115 Å². The molecule has 3 nitrogen and oxygen atoms in total. The van der Waals surface area contributed by atoms with Gasteiger partial charge in [-0.1, -0.05) is 6.92 Å². The second-order valence-electron chi connectivity index (χ2n) is 5.28. The van der Waals surface area contributed by atoms with Gasteiger partial charge in [-0.15, -0.1) is 0 Å². The SMILES string of the molecule is CNC(=S)N1CC[C@@H](C)CC[C@H]1c1cccn1C. The Balaban J connectivity index is 2.27. The standard InChI is InChI=1S/C14H23N3S/c1-11-6-7-13(12-5-4-9-16(12)3)17(10-8-11)14(18)15-2/h4-5,9,11,13H,6-8,10H2,1-3H3,(H,15,18)/t11-,13-/m0/s1. The largest absolute Gasteiger partial charge is 0.366 e. The Hall–Kier alpha value is -1.03. The molecule has 0 unspecified atom stereocenters. The van der Waals surface area contributed by atoms with Crippen LogP contribution in [-0.2, 0) is 7.05 Å². The normalized spacial score (nSPS) is 24.7. The fraction of sp³-hybridized carbons (Fsp3) is 0.643. The van der Waals surface area contributed by atoms with Crippen molar-refractivity contribution in [3.63, 3.8) is 0 Å². The number of hydrogen-bond acceptors (Lipinski definition) is 1.